The molecule has 7 nitrogen and oxygen atoms in total. The van der Waals surface area contributed by atoms with E-state index in [4.69, 9.17) is 0 Å². The normalized spacial score (nSPS) is 15.8. The molecule has 0 unspecified atom stereocenters. The third-order valence-electron chi connectivity index (χ3n) is 3.50. The zero-order valence-electron chi connectivity index (χ0n) is 11.3. The summed E-state index contributed by atoms with van der Waals surface area (Å²) in [6, 6.07) is 1.29. The number of hydrogen-bond acceptors (Lipinski definition) is 4. The lowest BCUT2D eigenvalue weighted by Crippen LogP contribution is -2.40. The van der Waals surface area contributed by atoms with E-state index in [0.29, 0.717) is 24.7 Å². The molecule has 1 fully saturated rings. The van der Waals surface area contributed by atoms with Crippen molar-refractivity contribution >= 4 is 24.0 Å². The highest BCUT2D eigenvalue weighted by Crippen LogP contribution is 2.19. The number of nitrogens with zero attached hydrogens (tertiary/aromatic N) is 2. The molecule has 1 aromatic heterocycles. The lowest BCUT2D eigenvalue weighted by atomic mass is 9.96. The fourth-order valence-electron chi connectivity index (χ4n) is 2.41. The molecule has 0 spiro atoms. The molecule has 0 atom stereocenters. The van der Waals surface area contributed by atoms with Gasteiger partial charge in [-0.3, -0.25) is 14.9 Å². The number of amides is 1. The Kier molecular flexibility index (Phi) is 5.97. The number of halogens is 1. The summed E-state index contributed by atoms with van der Waals surface area (Å²) >= 11 is 0. The molecule has 0 radical (unpaired) electrons. The van der Waals surface area contributed by atoms with E-state index >= 15 is 0 Å². The Hall–Kier alpha value is -1.60. The van der Waals surface area contributed by atoms with Crippen molar-refractivity contribution in [1.82, 2.24) is 15.2 Å². The van der Waals surface area contributed by atoms with Gasteiger partial charge in [0.25, 0.3) is 11.6 Å². The van der Waals surface area contributed by atoms with Gasteiger partial charge in [0.2, 0.25) is 0 Å². The van der Waals surface area contributed by atoms with Crippen LogP contribution in [-0.2, 0) is 0 Å². The second kappa shape index (κ2) is 7.25. The molecular formula is C12H19ClN4O3. The molecule has 2 N–H and O–H groups in total. The number of H-pyrrole nitrogens is 1. The first kappa shape index (κ1) is 16.5. The Labute approximate surface area is 123 Å². The van der Waals surface area contributed by atoms with Gasteiger partial charge in [0.15, 0.2) is 0 Å². The number of nitrogens with one attached hydrogen (secondary N) is 2. The lowest BCUT2D eigenvalue weighted by molar-refractivity contribution is -0.384. The van der Waals surface area contributed by atoms with Crippen LogP contribution in [0.5, 0.6) is 0 Å². The van der Waals surface area contributed by atoms with Crippen LogP contribution in [0.1, 0.15) is 23.3 Å². The second-order valence-electron chi connectivity index (χ2n) is 4.82. The molecule has 2 heterocycles. The summed E-state index contributed by atoms with van der Waals surface area (Å²) in [6.45, 7) is 2.38. The zero-order chi connectivity index (χ0) is 13.8. The number of carbonyl (C=O) groups is 1. The Morgan fingerprint density at radius 3 is 2.70 bits per heavy atom. The van der Waals surface area contributed by atoms with E-state index < -0.39 is 4.92 Å². The summed E-state index contributed by atoms with van der Waals surface area (Å²) in [4.78, 5) is 26.7. The number of aromatic nitrogens is 1. The van der Waals surface area contributed by atoms with Crippen molar-refractivity contribution in [2.24, 2.45) is 5.92 Å². The topological polar surface area (TPSA) is 91.3 Å². The number of nitro groups is 1. The van der Waals surface area contributed by atoms with Gasteiger partial charge >= 0.3 is 0 Å². The first-order valence-electron chi connectivity index (χ1n) is 6.38. The fraction of sp³-hybridized carbons (Fsp3) is 0.583. The van der Waals surface area contributed by atoms with Gasteiger partial charge in [-0.1, -0.05) is 0 Å². The average Bonchev–Trinajstić information content (AvgIpc) is 2.89. The van der Waals surface area contributed by atoms with Crippen molar-refractivity contribution in [2.45, 2.75) is 12.8 Å². The number of hydrogen-bond donors (Lipinski definition) is 2. The molecule has 0 saturated carbocycles. The van der Waals surface area contributed by atoms with Crippen molar-refractivity contribution in [3.8, 4) is 0 Å². The molecule has 2 rings (SSSR count). The number of carbonyl (C=O) groups excluding carboxylic acids is 1. The van der Waals surface area contributed by atoms with Crippen LogP contribution < -0.4 is 5.32 Å². The predicted molar refractivity (Wildman–Crippen MR) is 77.2 cm³/mol. The van der Waals surface area contributed by atoms with Crippen LogP contribution >= 0.6 is 12.4 Å². The average molecular weight is 303 g/mol. The maximum absolute atomic E-state index is 12.2. The molecule has 1 amide bonds. The van der Waals surface area contributed by atoms with Crippen molar-refractivity contribution in [2.75, 3.05) is 26.7 Å². The van der Waals surface area contributed by atoms with Gasteiger partial charge in [-0.2, -0.15) is 0 Å². The molecule has 0 bridgehead atoms. The van der Waals surface area contributed by atoms with Crippen molar-refractivity contribution in [1.29, 1.82) is 0 Å². The Morgan fingerprint density at radius 2 is 2.20 bits per heavy atom. The van der Waals surface area contributed by atoms with Gasteiger partial charge in [0.05, 0.1) is 11.1 Å². The largest absolute Gasteiger partial charge is 0.351 e. The summed E-state index contributed by atoms with van der Waals surface area (Å²) in [6.07, 6.45) is 3.19. The molecule has 1 aliphatic rings. The van der Waals surface area contributed by atoms with Crippen molar-refractivity contribution < 1.29 is 9.72 Å². The molecular weight excluding hydrogens is 284 g/mol. The van der Waals surface area contributed by atoms with Gasteiger partial charge in [-0.05, 0) is 32.4 Å². The van der Waals surface area contributed by atoms with E-state index in [1.54, 1.807) is 4.90 Å². The predicted octanol–water partition coefficient (Wildman–Crippen LogP) is 1.42. The number of aromatic amines is 1. The third kappa shape index (κ3) is 3.71. The summed E-state index contributed by atoms with van der Waals surface area (Å²) in [5.74, 6) is 0.447. The van der Waals surface area contributed by atoms with Crippen LogP contribution in [0.15, 0.2) is 12.3 Å². The Balaban J connectivity index is 0.00000200. The summed E-state index contributed by atoms with van der Waals surface area (Å²) in [7, 11) is 1.93. The highest BCUT2D eigenvalue weighted by Gasteiger charge is 2.25. The van der Waals surface area contributed by atoms with Crippen molar-refractivity contribution in [3.63, 3.8) is 0 Å². The maximum atomic E-state index is 12.2. The fourth-order valence-corrected chi connectivity index (χ4v) is 2.41. The van der Waals surface area contributed by atoms with Gasteiger partial charge in [0, 0.05) is 19.2 Å². The molecule has 0 aliphatic carbocycles. The van der Waals surface area contributed by atoms with Gasteiger partial charge in [-0.15, -0.1) is 12.4 Å². The molecule has 112 valence electrons. The first-order valence-corrected chi connectivity index (χ1v) is 6.38. The first-order chi connectivity index (χ1) is 9.11. The van der Waals surface area contributed by atoms with Crippen LogP contribution in [0.25, 0.3) is 0 Å². The standard InChI is InChI=1S/C12H18N4O3.ClH/c1-13-7-9-2-4-15(5-3-9)12(17)11-6-10(8-14-11)16(18)19;/h6,8-9,13-14H,2-5,7H2,1H3;1H. The van der Waals surface area contributed by atoms with Gasteiger partial charge in [0.1, 0.15) is 5.69 Å². The van der Waals surface area contributed by atoms with Crippen LogP contribution in [0.3, 0.4) is 0 Å². The number of likely N-dealkylation sites (tertiary alicyclic amines) is 1. The quantitative estimate of drug-likeness (QED) is 0.650. The van der Waals surface area contributed by atoms with Crippen LogP contribution in [-0.4, -0.2) is 47.4 Å². The molecule has 1 saturated heterocycles. The molecule has 1 aromatic rings. The minimum Gasteiger partial charge on any atom is -0.351 e. The van der Waals surface area contributed by atoms with E-state index in [9.17, 15) is 14.9 Å². The van der Waals surface area contributed by atoms with E-state index in [1.165, 1.54) is 12.3 Å². The molecule has 20 heavy (non-hydrogen) atoms. The molecule has 0 aromatic carbocycles. The summed E-state index contributed by atoms with van der Waals surface area (Å²) < 4.78 is 0. The van der Waals surface area contributed by atoms with E-state index in [2.05, 4.69) is 10.3 Å². The smallest absolute Gasteiger partial charge is 0.287 e. The summed E-state index contributed by atoms with van der Waals surface area (Å²) in [5.41, 5.74) is 0.215. The SMILES string of the molecule is CNCC1CCN(C(=O)c2cc([N+](=O)[O-])c[nH]2)CC1.Cl. The Bertz CT molecular complexity index is 469. The lowest BCUT2D eigenvalue weighted by Gasteiger charge is -2.31. The highest BCUT2D eigenvalue weighted by molar-refractivity contribution is 5.93. The van der Waals surface area contributed by atoms with Gasteiger partial charge < -0.3 is 15.2 Å². The van der Waals surface area contributed by atoms with Crippen LogP contribution in [0, 0.1) is 16.0 Å². The molecule has 8 heteroatoms. The second-order valence-corrected chi connectivity index (χ2v) is 4.82. The minimum atomic E-state index is -0.508. The van der Waals surface area contributed by atoms with Gasteiger partial charge in [-0.25, -0.2) is 0 Å². The Morgan fingerprint density at radius 1 is 1.55 bits per heavy atom. The van der Waals surface area contributed by atoms with Crippen LogP contribution in [0.4, 0.5) is 5.69 Å². The maximum Gasteiger partial charge on any atom is 0.287 e. The van der Waals surface area contributed by atoms with Crippen LogP contribution in [0.2, 0.25) is 0 Å². The van der Waals surface area contributed by atoms with E-state index in [0.717, 1.165) is 19.4 Å². The molecule has 1 aliphatic heterocycles. The zero-order valence-corrected chi connectivity index (χ0v) is 12.1. The minimum absolute atomic E-state index is 0. The highest BCUT2D eigenvalue weighted by atomic mass is 35.5. The van der Waals surface area contributed by atoms with E-state index in [-0.39, 0.29) is 24.0 Å². The van der Waals surface area contributed by atoms with Crippen molar-refractivity contribution in [3.05, 3.63) is 28.1 Å². The number of rotatable bonds is 4. The number of piperidine rings is 1. The van der Waals surface area contributed by atoms with E-state index in [1.807, 2.05) is 7.05 Å². The monoisotopic (exact) mass is 302 g/mol. The third-order valence-corrected chi connectivity index (χ3v) is 3.50. The summed E-state index contributed by atoms with van der Waals surface area (Å²) in [5, 5.41) is 13.7.